The van der Waals surface area contributed by atoms with E-state index in [0.29, 0.717) is 23.8 Å². The Bertz CT molecular complexity index is 663. The number of esters is 1. The zero-order valence-corrected chi connectivity index (χ0v) is 16.5. The molecule has 0 aromatic heterocycles. The van der Waals surface area contributed by atoms with E-state index in [1.165, 1.54) is 12.5 Å². The van der Waals surface area contributed by atoms with Crippen molar-refractivity contribution in [2.45, 2.75) is 65.9 Å². The van der Waals surface area contributed by atoms with Crippen molar-refractivity contribution >= 4 is 11.8 Å². The van der Waals surface area contributed by atoms with Crippen LogP contribution in [0.3, 0.4) is 0 Å². The molecule has 0 heterocycles. The molecule has 0 unspecified atom stereocenters. The standard InChI is InChI=1S/C22H32O4/c1-13(2)16-6-7-21(4)8-9-22(5)11-18(25)15(12-26-14(3)23)10-17(24)20(22)19(16)21/h10,16-17,19-20,24H,1,6-9,11-12H2,2-5H3/t16-,17-,19+,20+,21+,22-/m1/s1. The van der Waals surface area contributed by atoms with Crippen LogP contribution in [-0.4, -0.2) is 29.6 Å². The smallest absolute Gasteiger partial charge is 0.302 e. The molecule has 3 aliphatic rings. The molecule has 4 heteroatoms. The van der Waals surface area contributed by atoms with Gasteiger partial charge < -0.3 is 9.84 Å². The molecule has 6 atom stereocenters. The van der Waals surface area contributed by atoms with Crippen molar-refractivity contribution in [3.63, 3.8) is 0 Å². The minimum absolute atomic E-state index is 0.00350. The van der Waals surface area contributed by atoms with Gasteiger partial charge in [-0.3, -0.25) is 9.59 Å². The Morgan fingerprint density at radius 3 is 2.50 bits per heavy atom. The van der Waals surface area contributed by atoms with Gasteiger partial charge in [0.25, 0.3) is 0 Å². The number of rotatable bonds is 3. The van der Waals surface area contributed by atoms with Crippen molar-refractivity contribution in [2.75, 3.05) is 6.61 Å². The SMILES string of the molecule is C=C(C)[C@H]1CC[C@@]2(C)CC[C@]3(C)CC(=O)C(COC(C)=O)=C[C@@H](O)[C@H]3[C@H]12. The van der Waals surface area contributed by atoms with E-state index in [-0.39, 0.29) is 29.1 Å². The Hall–Kier alpha value is -1.42. The van der Waals surface area contributed by atoms with Gasteiger partial charge in [-0.2, -0.15) is 0 Å². The molecule has 2 fully saturated rings. The third-order valence-corrected chi connectivity index (χ3v) is 7.45. The van der Waals surface area contributed by atoms with E-state index < -0.39 is 12.1 Å². The molecule has 4 nitrogen and oxygen atoms in total. The van der Waals surface area contributed by atoms with E-state index in [0.717, 1.165) is 25.7 Å². The molecular formula is C22H32O4. The Labute approximate surface area is 156 Å². The number of hydrogen-bond donors (Lipinski definition) is 1. The van der Waals surface area contributed by atoms with Crippen molar-refractivity contribution in [3.05, 3.63) is 23.8 Å². The number of Topliss-reactive ketones (excluding diaryl/α,β-unsaturated/α-hetero) is 1. The molecule has 2 saturated carbocycles. The third-order valence-electron chi connectivity index (χ3n) is 7.45. The van der Waals surface area contributed by atoms with Crippen LogP contribution in [-0.2, 0) is 14.3 Å². The third kappa shape index (κ3) is 3.17. The highest BCUT2D eigenvalue weighted by Gasteiger charge is 2.59. The predicted octanol–water partition coefficient (Wildman–Crippen LogP) is 3.83. The van der Waals surface area contributed by atoms with Crippen LogP contribution in [0.4, 0.5) is 0 Å². The van der Waals surface area contributed by atoms with Crippen molar-refractivity contribution in [3.8, 4) is 0 Å². The number of hydrogen-bond acceptors (Lipinski definition) is 4. The Morgan fingerprint density at radius 1 is 1.23 bits per heavy atom. The number of fused-ring (bicyclic) bond motifs is 3. The predicted molar refractivity (Wildman–Crippen MR) is 100 cm³/mol. The number of allylic oxidation sites excluding steroid dienone is 1. The van der Waals surface area contributed by atoms with Crippen molar-refractivity contribution in [2.24, 2.45) is 28.6 Å². The van der Waals surface area contributed by atoms with Gasteiger partial charge in [0.2, 0.25) is 0 Å². The Morgan fingerprint density at radius 2 is 1.88 bits per heavy atom. The van der Waals surface area contributed by atoms with Gasteiger partial charge in [0.15, 0.2) is 5.78 Å². The van der Waals surface area contributed by atoms with E-state index in [4.69, 9.17) is 4.74 Å². The average molecular weight is 360 g/mol. The van der Waals surface area contributed by atoms with Crippen LogP contribution < -0.4 is 0 Å². The fraction of sp³-hybridized carbons (Fsp3) is 0.727. The highest BCUT2D eigenvalue weighted by molar-refractivity contribution is 5.96. The molecule has 0 aromatic carbocycles. The van der Waals surface area contributed by atoms with Gasteiger partial charge in [0, 0.05) is 18.9 Å². The van der Waals surface area contributed by atoms with Crippen LogP contribution in [0.25, 0.3) is 0 Å². The Balaban J connectivity index is 1.99. The summed E-state index contributed by atoms with van der Waals surface area (Å²) in [5.74, 6) is 0.364. The second-order valence-corrected chi connectivity index (χ2v) is 9.41. The highest BCUT2D eigenvalue weighted by Crippen LogP contribution is 2.65. The zero-order chi connectivity index (χ0) is 19.3. The molecule has 3 aliphatic carbocycles. The summed E-state index contributed by atoms with van der Waals surface area (Å²) in [7, 11) is 0. The fourth-order valence-electron chi connectivity index (χ4n) is 6.04. The first kappa shape index (κ1) is 19.3. The molecule has 0 aromatic rings. The lowest BCUT2D eigenvalue weighted by molar-refractivity contribution is -0.140. The number of ketones is 1. The van der Waals surface area contributed by atoms with Crippen LogP contribution in [0.2, 0.25) is 0 Å². The zero-order valence-electron chi connectivity index (χ0n) is 16.5. The lowest BCUT2D eigenvalue weighted by Gasteiger charge is -2.54. The lowest BCUT2D eigenvalue weighted by atomic mass is 9.50. The van der Waals surface area contributed by atoms with Crippen LogP contribution in [0.1, 0.15) is 59.8 Å². The second kappa shape index (κ2) is 6.63. The number of carbonyl (C=O) groups excluding carboxylic acids is 2. The van der Waals surface area contributed by atoms with Crippen molar-refractivity contribution < 1.29 is 19.4 Å². The second-order valence-electron chi connectivity index (χ2n) is 9.41. The van der Waals surface area contributed by atoms with E-state index >= 15 is 0 Å². The molecule has 26 heavy (non-hydrogen) atoms. The number of aliphatic hydroxyl groups excluding tert-OH is 1. The van der Waals surface area contributed by atoms with Gasteiger partial charge in [-0.25, -0.2) is 0 Å². The van der Waals surface area contributed by atoms with E-state index in [9.17, 15) is 14.7 Å². The van der Waals surface area contributed by atoms with Gasteiger partial charge in [-0.1, -0.05) is 26.0 Å². The maximum absolute atomic E-state index is 12.8. The summed E-state index contributed by atoms with van der Waals surface area (Å²) in [6.45, 7) is 12.1. The van der Waals surface area contributed by atoms with E-state index in [1.807, 2.05) is 0 Å². The monoisotopic (exact) mass is 360 g/mol. The van der Waals surface area contributed by atoms with Crippen LogP contribution in [0.5, 0.6) is 0 Å². The van der Waals surface area contributed by atoms with E-state index in [2.05, 4.69) is 27.4 Å². The largest absolute Gasteiger partial charge is 0.461 e. The number of aliphatic hydroxyl groups is 1. The molecule has 0 aliphatic heterocycles. The minimum Gasteiger partial charge on any atom is -0.461 e. The summed E-state index contributed by atoms with van der Waals surface area (Å²) >= 11 is 0. The summed E-state index contributed by atoms with van der Waals surface area (Å²) in [4.78, 5) is 24.0. The van der Waals surface area contributed by atoms with Gasteiger partial charge >= 0.3 is 5.97 Å². The molecule has 0 bridgehead atoms. The van der Waals surface area contributed by atoms with Gasteiger partial charge in [0.1, 0.15) is 6.61 Å². The van der Waals surface area contributed by atoms with Crippen LogP contribution in [0.15, 0.2) is 23.8 Å². The first-order valence-electron chi connectivity index (χ1n) is 9.78. The molecule has 3 rings (SSSR count). The van der Waals surface area contributed by atoms with E-state index in [1.54, 1.807) is 6.08 Å². The topological polar surface area (TPSA) is 63.6 Å². The quantitative estimate of drug-likeness (QED) is 0.614. The first-order chi connectivity index (χ1) is 12.1. The molecular weight excluding hydrogens is 328 g/mol. The lowest BCUT2D eigenvalue weighted by Crippen LogP contribution is -2.51. The highest BCUT2D eigenvalue weighted by atomic mass is 16.5. The van der Waals surface area contributed by atoms with Crippen molar-refractivity contribution in [1.82, 2.24) is 0 Å². The summed E-state index contributed by atoms with van der Waals surface area (Å²) in [5, 5.41) is 11.2. The summed E-state index contributed by atoms with van der Waals surface area (Å²) in [6.07, 6.45) is 5.71. The average Bonchev–Trinajstić information content (AvgIpc) is 2.84. The van der Waals surface area contributed by atoms with Crippen molar-refractivity contribution in [1.29, 1.82) is 0 Å². The summed E-state index contributed by atoms with van der Waals surface area (Å²) in [5.41, 5.74) is 1.60. The Kier molecular flexibility index (Phi) is 4.93. The molecule has 144 valence electrons. The van der Waals surface area contributed by atoms with Gasteiger partial charge in [0.05, 0.1) is 6.10 Å². The number of carbonyl (C=O) groups is 2. The maximum Gasteiger partial charge on any atom is 0.302 e. The summed E-state index contributed by atoms with van der Waals surface area (Å²) < 4.78 is 5.05. The first-order valence-corrected chi connectivity index (χ1v) is 9.78. The molecule has 0 amide bonds. The molecule has 1 N–H and O–H groups in total. The molecule has 0 spiro atoms. The summed E-state index contributed by atoms with van der Waals surface area (Å²) in [6, 6.07) is 0. The minimum atomic E-state index is -0.693. The van der Waals surface area contributed by atoms with Crippen LogP contribution >= 0.6 is 0 Å². The normalized spacial score (nSPS) is 42.3. The van der Waals surface area contributed by atoms with Crippen LogP contribution in [0, 0.1) is 28.6 Å². The van der Waals surface area contributed by atoms with Gasteiger partial charge in [-0.15, -0.1) is 0 Å². The fourth-order valence-corrected chi connectivity index (χ4v) is 6.04. The number of ether oxygens (including phenoxy) is 1. The maximum atomic E-state index is 12.8. The molecule has 0 saturated heterocycles. The molecule has 0 radical (unpaired) electrons. The van der Waals surface area contributed by atoms with Gasteiger partial charge in [-0.05, 0) is 67.3 Å².